The summed E-state index contributed by atoms with van der Waals surface area (Å²) in [7, 11) is 0. The number of carbonyl (C=O) groups is 1. The van der Waals surface area contributed by atoms with Crippen LogP contribution in [0.25, 0.3) is 0 Å². The number of alkyl halides is 3. The Labute approximate surface area is 130 Å². The largest absolute Gasteiger partial charge is 0.451 e. The number of rotatable bonds is 3. The van der Waals surface area contributed by atoms with Crippen molar-refractivity contribution in [1.82, 2.24) is 15.3 Å². The van der Waals surface area contributed by atoms with Gasteiger partial charge in [0.05, 0.1) is 0 Å². The Morgan fingerprint density at radius 3 is 2.61 bits per heavy atom. The monoisotopic (exact) mass is 328 g/mol. The van der Waals surface area contributed by atoms with Gasteiger partial charge in [0.25, 0.3) is 0 Å². The standard InChI is InChI=1S/C14H15F3N4O2/c15-14(16,17)13-19-10(21-5-1-2-6-21)8-12(20-13)23-9-3-4-18-11(22)7-9/h7-8H,1-6H2,(H,18,22). The van der Waals surface area contributed by atoms with E-state index in [0.29, 0.717) is 26.1 Å². The molecule has 0 aromatic carbocycles. The molecular weight excluding hydrogens is 313 g/mol. The van der Waals surface area contributed by atoms with Crippen LogP contribution >= 0.6 is 0 Å². The fourth-order valence-electron chi connectivity index (χ4n) is 2.49. The highest BCUT2D eigenvalue weighted by Crippen LogP contribution is 2.31. The SMILES string of the molecule is O=C1C=C(Oc2cc(N3CCCC3)nc(C(F)(F)F)n2)CCN1. The van der Waals surface area contributed by atoms with Crippen molar-refractivity contribution in [2.75, 3.05) is 24.5 Å². The van der Waals surface area contributed by atoms with Gasteiger partial charge in [0.1, 0.15) is 11.6 Å². The lowest BCUT2D eigenvalue weighted by Crippen LogP contribution is -2.28. The van der Waals surface area contributed by atoms with Crippen molar-refractivity contribution in [3.63, 3.8) is 0 Å². The zero-order valence-electron chi connectivity index (χ0n) is 12.2. The molecule has 1 saturated heterocycles. The number of nitrogens with one attached hydrogen (secondary N) is 1. The second kappa shape index (κ2) is 6.05. The van der Waals surface area contributed by atoms with Crippen LogP contribution in [0, 0.1) is 0 Å². The Morgan fingerprint density at radius 2 is 1.96 bits per heavy atom. The molecule has 23 heavy (non-hydrogen) atoms. The van der Waals surface area contributed by atoms with Crippen molar-refractivity contribution < 1.29 is 22.7 Å². The molecule has 2 aliphatic rings. The van der Waals surface area contributed by atoms with E-state index in [0.717, 1.165) is 12.8 Å². The van der Waals surface area contributed by atoms with E-state index in [2.05, 4.69) is 15.3 Å². The van der Waals surface area contributed by atoms with E-state index >= 15 is 0 Å². The summed E-state index contributed by atoms with van der Waals surface area (Å²) < 4.78 is 44.4. The predicted octanol–water partition coefficient (Wildman–Crippen LogP) is 1.88. The third kappa shape index (κ3) is 3.72. The first kappa shape index (κ1) is 15.6. The van der Waals surface area contributed by atoms with Gasteiger partial charge in [-0.2, -0.15) is 18.2 Å². The van der Waals surface area contributed by atoms with Gasteiger partial charge in [-0.25, -0.2) is 4.98 Å². The fourth-order valence-corrected chi connectivity index (χ4v) is 2.49. The van der Waals surface area contributed by atoms with Gasteiger partial charge < -0.3 is 15.0 Å². The molecule has 0 unspecified atom stereocenters. The van der Waals surface area contributed by atoms with Gasteiger partial charge in [0.2, 0.25) is 17.6 Å². The van der Waals surface area contributed by atoms with Crippen LogP contribution in [0.4, 0.5) is 19.0 Å². The Morgan fingerprint density at radius 1 is 1.22 bits per heavy atom. The van der Waals surface area contributed by atoms with Crippen molar-refractivity contribution in [2.45, 2.75) is 25.4 Å². The second-order valence-corrected chi connectivity index (χ2v) is 5.33. The van der Waals surface area contributed by atoms with Crippen molar-refractivity contribution in [3.8, 4) is 5.88 Å². The third-order valence-corrected chi connectivity index (χ3v) is 3.57. The number of aromatic nitrogens is 2. The minimum absolute atomic E-state index is 0.195. The molecule has 124 valence electrons. The normalized spacial score (nSPS) is 18.7. The van der Waals surface area contributed by atoms with E-state index in [1.807, 2.05) is 0 Å². The Bertz CT molecular complexity index is 639. The Balaban J connectivity index is 1.91. The maximum absolute atomic E-state index is 13.0. The number of ether oxygens (including phenoxy) is 1. The van der Waals surface area contributed by atoms with Crippen LogP contribution in [0.1, 0.15) is 25.1 Å². The van der Waals surface area contributed by atoms with Crippen LogP contribution in [0.3, 0.4) is 0 Å². The molecular formula is C14H15F3N4O2. The topological polar surface area (TPSA) is 67.3 Å². The van der Waals surface area contributed by atoms with E-state index in [1.165, 1.54) is 12.1 Å². The van der Waals surface area contributed by atoms with Gasteiger partial charge in [0, 0.05) is 38.2 Å². The summed E-state index contributed by atoms with van der Waals surface area (Å²) in [5.41, 5.74) is 0. The number of halogens is 3. The molecule has 1 aromatic rings. The van der Waals surface area contributed by atoms with E-state index in [4.69, 9.17) is 4.74 Å². The lowest BCUT2D eigenvalue weighted by Gasteiger charge is -2.19. The molecule has 1 aromatic heterocycles. The molecule has 2 aliphatic heterocycles. The average molecular weight is 328 g/mol. The minimum Gasteiger partial charge on any atom is -0.443 e. The lowest BCUT2D eigenvalue weighted by molar-refractivity contribution is -0.145. The minimum atomic E-state index is -4.66. The molecule has 1 N–H and O–H groups in total. The lowest BCUT2D eigenvalue weighted by atomic mass is 10.2. The number of anilines is 1. The highest BCUT2D eigenvalue weighted by atomic mass is 19.4. The van der Waals surface area contributed by atoms with Gasteiger partial charge in [-0.15, -0.1) is 0 Å². The van der Waals surface area contributed by atoms with Crippen molar-refractivity contribution in [2.24, 2.45) is 0 Å². The number of hydrogen-bond acceptors (Lipinski definition) is 5. The molecule has 1 amide bonds. The fraction of sp³-hybridized carbons (Fsp3) is 0.500. The zero-order chi connectivity index (χ0) is 16.4. The molecule has 1 fully saturated rings. The van der Waals surface area contributed by atoms with Crippen LogP contribution in [-0.4, -0.2) is 35.5 Å². The van der Waals surface area contributed by atoms with E-state index in [-0.39, 0.29) is 23.4 Å². The summed E-state index contributed by atoms with van der Waals surface area (Å²) in [4.78, 5) is 20.1. The van der Waals surface area contributed by atoms with Gasteiger partial charge in [-0.05, 0) is 12.8 Å². The number of amides is 1. The number of nitrogens with zero attached hydrogens (tertiary/aromatic N) is 3. The summed E-state index contributed by atoms with van der Waals surface area (Å²) >= 11 is 0. The van der Waals surface area contributed by atoms with Crippen LogP contribution in [0.15, 0.2) is 17.9 Å². The quantitative estimate of drug-likeness (QED) is 0.918. The second-order valence-electron chi connectivity index (χ2n) is 5.33. The highest BCUT2D eigenvalue weighted by molar-refractivity contribution is 5.88. The molecule has 0 aliphatic carbocycles. The van der Waals surface area contributed by atoms with Crippen molar-refractivity contribution in [3.05, 3.63) is 23.7 Å². The zero-order valence-corrected chi connectivity index (χ0v) is 12.2. The molecule has 0 bridgehead atoms. The summed E-state index contributed by atoms with van der Waals surface area (Å²) in [6.45, 7) is 1.68. The summed E-state index contributed by atoms with van der Waals surface area (Å²) in [6, 6.07) is 1.38. The van der Waals surface area contributed by atoms with Crippen LogP contribution in [-0.2, 0) is 11.0 Å². The molecule has 0 spiro atoms. The number of hydrogen-bond donors (Lipinski definition) is 1. The van der Waals surface area contributed by atoms with Crippen molar-refractivity contribution >= 4 is 11.7 Å². The number of carbonyl (C=O) groups excluding carboxylic acids is 1. The molecule has 3 heterocycles. The smallest absolute Gasteiger partial charge is 0.443 e. The van der Waals surface area contributed by atoms with Gasteiger partial charge in [-0.1, -0.05) is 0 Å². The van der Waals surface area contributed by atoms with Crippen LogP contribution in [0.2, 0.25) is 0 Å². The molecule has 6 nitrogen and oxygen atoms in total. The van der Waals surface area contributed by atoms with E-state index in [1.54, 1.807) is 4.90 Å². The average Bonchev–Trinajstić information content (AvgIpc) is 3.00. The van der Waals surface area contributed by atoms with Gasteiger partial charge in [-0.3, -0.25) is 4.79 Å². The predicted molar refractivity (Wildman–Crippen MR) is 74.8 cm³/mol. The molecule has 0 radical (unpaired) electrons. The van der Waals surface area contributed by atoms with E-state index < -0.39 is 12.0 Å². The third-order valence-electron chi connectivity index (χ3n) is 3.57. The first-order valence-electron chi connectivity index (χ1n) is 7.29. The Kier molecular flexibility index (Phi) is 4.10. The highest BCUT2D eigenvalue weighted by Gasteiger charge is 2.36. The molecule has 9 heteroatoms. The molecule has 0 saturated carbocycles. The Hall–Kier alpha value is -2.32. The van der Waals surface area contributed by atoms with Crippen LogP contribution < -0.4 is 15.0 Å². The summed E-state index contributed by atoms with van der Waals surface area (Å²) in [6.07, 6.45) is -1.23. The first-order chi connectivity index (χ1) is 10.9. The maximum Gasteiger partial charge on any atom is 0.451 e. The maximum atomic E-state index is 13.0. The first-order valence-corrected chi connectivity index (χ1v) is 7.29. The summed E-state index contributed by atoms with van der Waals surface area (Å²) in [5.74, 6) is -1.29. The van der Waals surface area contributed by atoms with Crippen molar-refractivity contribution in [1.29, 1.82) is 0 Å². The van der Waals surface area contributed by atoms with E-state index in [9.17, 15) is 18.0 Å². The molecule has 3 rings (SSSR count). The van der Waals surface area contributed by atoms with Crippen LogP contribution in [0.5, 0.6) is 5.88 Å². The summed E-state index contributed by atoms with van der Waals surface area (Å²) in [5, 5.41) is 2.57. The van der Waals surface area contributed by atoms with Gasteiger partial charge >= 0.3 is 6.18 Å². The molecule has 0 atom stereocenters. The van der Waals surface area contributed by atoms with Gasteiger partial charge in [0.15, 0.2) is 0 Å².